The van der Waals surface area contributed by atoms with Crippen molar-refractivity contribution in [3.05, 3.63) is 69.9 Å². The van der Waals surface area contributed by atoms with Gasteiger partial charge in [-0.1, -0.05) is 69.9 Å². The molecule has 0 N–H and O–H groups in total. The van der Waals surface area contributed by atoms with Crippen molar-refractivity contribution in [3.8, 4) is 0 Å². The molecule has 0 saturated heterocycles. The van der Waals surface area contributed by atoms with E-state index in [1.807, 2.05) is 0 Å². The maximum absolute atomic E-state index is 14.0. The number of allylic oxidation sites excluding steroid dienone is 12. The van der Waals surface area contributed by atoms with Crippen molar-refractivity contribution in [2.24, 2.45) is 11.8 Å². The molecule has 0 radical (unpaired) electrons. The summed E-state index contributed by atoms with van der Waals surface area (Å²) in [7, 11) is 0. The maximum Gasteiger partial charge on any atom is 0.147 e. The van der Waals surface area contributed by atoms with E-state index in [2.05, 4.69) is 78.0 Å². The summed E-state index contributed by atoms with van der Waals surface area (Å²) in [6, 6.07) is 0. The number of carbonyl (C=O) groups is 1. The van der Waals surface area contributed by atoms with Crippen LogP contribution in [0.25, 0.3) is 0 Å². The summed E-state index contributed by atoms with van der Waals surface area (Å²) in [5.41, 5.74) is 8.27. The summed E-state index contributed by atoms with van der Waals surface area (Å²) in [4.78, 5) is 14.0. The topological polar surface area (TPSA) is 17.1 Å². The second-order valence-corrected chi connectivity index (χ2v) is 10.2. The van der Waals surface area contributed by atoms with Gasteiger partial charge in [0.15, 0.2) is 0 Å². The van der Waals surface area contributed by atoms with Crippen molar-refractivity contribution < 1.29 is 4.79 Å². The van der Waals surface area contributed by atoms with E-state index in [0.29, 0.717) is 5.78 Å². The van der Waals surface area contributed by atoms with E-state index in [-0.39, 0.29) is 11.8 Å². The van der Waals surface area contributed by atoms with Gasteiger partial charge in [-0.2, -0.15) is 0 Å². The van der Waals surface area contributed by atoms with E-state index in [1.165, 1.54) is 33.4 Å². The Morgan fingerprint density at radius 2 is 0.938 bits per heavy atom. The van der Waals surface area contributed by atoms with E-state index in [1.54, 1.807) is 0 Å². The van der Waals surface area contributed by atoms with Crippen molar-refractivity contribution in [3.63, 3.8) is 0 Å². The van der Waals surface area contributed by atoms with Crippen LogP contribution in [-0.2, 0) is 4.79 Å². The van der Waals surface area contributed by atoms with E-state index in [9.17, 15) is 4.79 Å². The third-order valence-corrected chi connectivity index (χ3v) is 7.32. The SMILES string of the molecule is C/C1=C/C/C=C(/C)C(C(=O)C2CC/C(C)=C\CC/C(C)=C\C/C=C\2C)CC/C(C)=C\CC1. The van der Waals surface area contributed by atoms with Gasteiger partial charge in [0.05, 0.1) is 0 Å². The lowest BCUT2D eigenvalue weighted by Crippen LogP contribution is -2.26. The molecule has 32 heavy (non-hydrogen) atoms. The largest absolute Gasteiger partial charge is 0.298 e. The minimum absolute atomic E-state index is 0.0225. The predicted molar refractivity (Wildman–Crippen MR) is 141 cm³/mol. The Morgan fingerprint density at radius 1 is 0.562 bits per heavy atom. The van der Waals surface area contributed by atoms with Crippen molar-refractivity contribution in [2.75, 3.05) is 0 Å². The van der Waals surface area contributed by atoms with Crippen LogP contribution in [0.1, 0.15) is 106 Å². The number of Topliss-reactive ketones (excluding diaryl/α,β-unsaturated/α-hetero) is 1. The highest BCUT2D eigenvalue weighted by Crippen LogP contribution is 2.31. The smallest absolute Gasteiger partial charge is 0.147 e. The highest BCUT2D eigenvalue weighted by atomic mass is 16.1. The number of ketones is 1. The lowest BCUT2D eigenvalue weighted by molar-refractivity contribution is -0.125. The second-order valence-electron chi connectivity index (χ2n) is 10.2. The number of rotatable bonds is 2. The van der Waals surface area contributed by atoms with Gasteiger partial charge in [-0.15, -0.1) is 0 Å². The zero-order valence-electron chi connectivity index (χ0n) is 21.6. The molecule has 0 saturated carbocycles. The molecular weight excluding hydrogens is 388 g/mol. The molecule has 0 aromatic carbocycles. The zero-order chi connectivity index (χ0) is 23.5. The van der Waals surface area contributed by atoms with Gasteiger partial charge in [-0.05, 0) is 106 Å². The summed E-state index contributed by atoms with van der Waals surface area (Å²) >= 11 is 0. The van der Waals surface area contributed by atoms with E-state index < -0.39 is 0 Å². The van der Waals surface area contributed by atoms with Gasteiger partial charge in [0.25, 0.3) is 0 Å². The average Bonchev–Trinajstić information content (AvgIpc) is 2.72. The minimum atomic E-state index is 0.0225. The van der Waals surface area contributed by atoms with Gasteiger partial charge >= 0.3 is 0 Å². The second kappa shape index (κ2) is 13.6. The van der Waals surface area contributed by atoms with E-state index in [0.717, 1.165) is 64.2 Å². The van der Waals surface area contributed by atoms with Crippen LogP contribution in [-0.4, -0.2) is 5.78 Å². The monoisotopic (exact) mass is 434 g/mol. The third kappa shape index (κ3) is 8.93. The molecule has 0 bridgehead atoms. The molecule has 176 valence electrons. The van der Waals surface area contributed by atoms with Crippen LogP contribution in [0.2, 0.25) is 0 Å². The number of carbonyl (C=O) groups excluding carboxylic acids is 1. The summed E-state index contributed by atoms with van der Waals surface area (Å²) in [6.07, 6.45) is 24.3. The molecule has 0 fully saturated rings. The van der Waals surface area contributed by atoms with Crippen LogP contribution in [0.15, 0.2) is 69.9 Å². The third-order valence-electron chi connectivity index (χ3n) is 7.32. The van der Waals surface area contributed by atoms with Crippen LogP contribution in [0, 0.1) is 11.8 Å². The molecule has 2 atom stereocenters. The lowest BCUT2D eigenvalue weighted by atomic mass is 9.78. The molecule has 2 aliphatic carbocycles. The van der Waals surface area contributed by atoms with Gasteiger partial charge in [-0.25, -0.2) is 0 Å². The predicted octanol–water partition coefficient (Wildman–Crippen LogP) is 9.39. The number of hydrogen-bond acceptors (Lipinski definition) is 1. The van der Waals surface area contributed by atoms with Crippen molar-refractivity contribution in [1.82, 2.24) is 0 Å². The van der Waals surface area contributed by atoms with E-state index in [4.69, 9.17) is 0 Å². The molecule has 0 aliphatic heterocycles. The first-order chi connectivity index (χ1) is 15.3. The first-order valence-electron chi connectivity index (χ1n) is 12.8. The molecule has 0 aromatic rings. The Hall–Kier alpha value is -1.89. The first kappa shape index (κ1) is 26.4. The molecule has 2 unspecified atom stereocenters. The summed E-state index contributed by atoms with van der Waals surface area (Å²) in [6.45, 7) is 13.3. The molecule has 2 aliphatic rings. The summed E-state index contributed by atoms with van der Waals surface area (Å²) in [5, 5.41) is 0. The molecule has 1 nitrogen and oxygen atoms in total. The van der Waals surface area contributed by atoms with Crippen LogP contribution in [0.5, 0.6) is 0 Å². The Kier molecular flexibility index (Phi) is 11.2. The average molecular weight is 435 g/mol. The van der Waals surface area contributed by atoms with Crippen molar-refractivity contribution in [2.45, 2.75) is 106 Å². The Labute approximate surface area is 198 Å². The van der Waals surface area contributed by atoms with Gasteiger partial charge in [0, 0.05) is 11.8 Å². The molecule has 0 amide bonds. The quantitative estimate of drug-likeness (QED) is 0.395. The Morgan fingerprint density at radius 3 is 1.34 bits per heavy atom. The fourth-order valence-corrected chi connectivity index (χ4v) is 4.85. The Bertz CT molecular complexity index is 757. The normalized spacial score (nSPS) is 34.9. The first-order valence-corrected chi connectivity index (χ1v) is 12.8. The fourth-order valence-electron chi connectivity index (χ4n) is 4.85. The molecule has 2 rings (SSSR count). The number of hydrogen-bond donors (Lipinski definition) is 0. The van der Waals surface area contributed by atoms with Gasteiger partial charge < -0.3 is 0 Å². The zero-order valence-corrected chi connectivity index (χ0v) is 21.6. The van der Waals surface area contributed by atoms with Crippen LogP contribution in [0.3, 0.4) is 0 Å². The van der Waals surface area contributed by atoms with E-state index >= 15 is 0 Å². The summed E-state index contributed by atoms with van der Waals surface area (Å²) in [5.74, 6) is 0.479. The molecular formula is C31H46O. The minimum Gasteiger partial charge on any atom is -0.298 e. The highest BCUT2D eigenvalue weighted by molar-refractivity contribution is 5.88. The van der Waals surface area contributed by atoms with Crippen LogP contribution in [0.4, 0.5) is 0 Å². The summed E-state index contributed by atoms with van der Waals surface area (Å²) < 4.78 is 0. The molecule has 1 heteroatoms. The van der Waals surface area contributed by atoms with Gasteiger partial charge in [0.1, 0.15) is 5.78 Å². The van der Waals surface area contributed by atoms with Gasteiger partial charge in [-0.3, -0.25) is 4.79 Å². The van der Waals surface area contributed by atoms with Crippen LogP contribution < -0.4 is 0 Å². The van der Waals surface area contributed by atoms with Crippen molar-refractivity contribution >= 4 is 5.78 Å². The molecule has 0 spiro atoms. The standard InChI is InChI=1S/C31H46O/c1-23-11-7-13-25(3)19-21-29(27(5)17-9-15-23)31(32)30-22-20-26(4)14-8-12-24(2)16-10-18-28(30)6/h13-18,29-30H,7-12,19-22H2,1-6H3/b23-15-,24-16-,25-13-,26-14-,27-17-,28-18-. The molecule has 0 aromatic heterocycles. The van der Waals surface area contributed by atoms with Crippen molar-refractivity contribution in [1.29, 1.82) is 0 Å². The van der Waals surface area contributed by atoms with Crippen LogP contribution >= 0.6 is 0 Å². The molecule has 0 heterocycles. The highest BCUT2D eigenvalue weighted by Gasteiger charge is 2.29. The maximum atomic E-state index is 14.0. The Balaban J connectivity index is 2.33. The van der Waals surface area contributed by atoms with Gasteiger partial charge in [0.2, 0.25) is 0 Å². The lowest BCUT2D eigenvalue weighted by Gasteiger charge is -2.25. The fraction of sp³-hybridized carbons (Fsp3) is 0.581.